The topological polar surface area (TPSA) is 52.7 Å². The average Bonchev–Trinajstić information content (AvgIpc) is 3.31. The van der Waals surface area contributed by atoms with Crippen LogP contribution in [0.15, 0.2) is 30.3 Å². The number of hydrogen-bond acceptors (Lipinski definition) is 3. The zero-order chi connectivity index (χ0) is 19.0. The van der Waals surface area contributed by atoms with Crippen molar-refractivity contribution in [2.75, 3.05) is 26.2 Å². The van der Waals surface area contributed by atoms with Gasteiger partial charge in [0.1, 0.15) is 0 Å². The summed E-state index contributed by atoms with van der Waals surface area (Å²) < 4.78 is 30.4. The van der Waals surface area contributed by atoms with Crippen molar-refractivity contribution in [3.05, 3.63) is 35.9 Å². The molecule has 2 saturated carbocycles. The van der Waals surface area contributed by atoms with Crippen LogP contribution in [0.2, 0.25) is 0 Å². The summed E-state index contributed by atoms with van der Waals surface area (Å²) in [4.78, 5) is 2.52. The molecule has 0 radical (unpaired) electrons. The van der Waals surface area contributed by atoms with Gasteiger partial charge < -0.3 is 0 Å². The second-order valence-corrected chi connectivity index (χ2v) is 10.5. The molecule has 2 aliphatic carbocycles. The molecule has 6 heteroatoms. The van der Waals surface area contributed by atoms with E-state index < -0.39 is 10.2 Å². The van der Waals surface area contributed by atoms with Crippen molar-refractivity contribution in [2.24, 2.45) is 11.8 Å². The van der Waals surface area contributed by atoms with E-state index in [2.05, 4.69) is 35.6 Å². The molecule has 1 aromatic rings. The van der Waals surface area contributed by atoms with E-state index in [4.69, 9.17) is 0 Å². The predicted octanol–water partition coefficient (Wildman–Crippen LogP) is 2.82. The molecule has 0 spiro atoms. The minimum absolute atomic E-state index is 0.0234. The van der Waals surface area contributed by atoms with Crippen molar-refractivity contribution < 1.29 is 8.42 Å². The highest BCUT2D eigenvalue weighted by Crippen LogP contribution is 2.47. The maximum absolute atomic E-state index is 12.9. The van der Waals surface area contributed by atoms with E-state index in [0.717, 1.165) is 19.0 Å². The maximum Gasteiger partial charge on any atom is 0.279 e. The lowest BCUT2D eigenvalue weighted by Crippen LogP contribution is -2.55. The van der Waals surface area contributed by atoms with Gasteiger partial charge in [-0.05, 0) is 43.1 Å². The summed E-state index contributed by atoms with van der Waals surface area (Å²) in [6, 6.07) is 10.9. The van der Waals surface area contributed by atoms with Crippen LogP contribution in [0.1, 0.15) is 51.0 Å². The molecule has 3 fully saturated rings. The van der Waals surface area contributed by atoms with Gasteiger partial charge in [-0.3, -0.25) is 4.90 Å². The van der Waals surface area contributed by atoms with Crippen LogP contribution < -0.4 is 4.72 Å². The lowest BCUT2D eigenvalue weighted by molar-refractivity contribution is 0.100. The minimum atomic E-state index is -3.40. The second kappa shape index (κ2) is 7.82. The molecule has 0 unspecified atom stereocenters. The summed E-state index contributed by atoms with van der Waals surface area (Å²) in [6.45, 7) is 7.42. The molecule has 4 rings (SSSR count). The highest BCUT2D eigenvalue weighted by atomic mass is 32.2. The smallest absolute Gasteiger partial charge is 0.279 e. The number of nitrogens with zero attached hydrogens (tertiary/aromatic N) is 2. The number of rotatable bonds is 5. The summed E-state index contributed by atoms with van der Waals surface area (Å²) in [5.74, 6) is 1.50. The van der Waals surface area contributed by atoms with Crippen LogP contribution in [0.4, 0.5) is 0 Å². The van der Waals surface area contributed by atoms with Crippen LogP contribution in [0.25, 0.3) is 0 Å². The van der Waals surface area contributed by atoms with Crippen molar-refractivity contribution >= 4 is 10.2 Å². The Morgan fingerprint density at radius 3 is 2.19 bits per heavy atom. The van der Waals surface area contributed by atoms with Crippen molar-refractivity contribution in [3.63, 3.8) is 0 Å². The lowest BCUT2D eigenvalue weighted by Gasteiger charge is -2.41. The molecule has 3 atom stereocenters. The molecule has 1 aromatic carbocycles. The van der Waals surface area contributed by atoms with E-state index in [1.807, 2.05) is 18.2 Å². The summed E-state index contributed by atoms with van der Waals surface area (Å²) in [7, 11) is -3.40. The van der Waals surface area contributed by atoms with E-state index in [1.165, 1.54) is 31.2 Å². The van der Waals surface area contributed by atoms with E-state index in [0.29, 0.717) is 31.0 Å². The minimum Gasteiger partial charge on any atom is -0.298 e. The SMILES string of the molecule is CC1CCC(N2CCN(S(=O)(=O)N[C@H]3[C@H](C)[C@@H]3c3ccccc3)CC2)CC1. The summed E-state index contributed by atoms with van der Waals surface area (Å²) in [5, 5.41) is 0. The fraction of sp³-hybridized carbons (Fsp3) is 0.714. The first kappa shape index (κ1) is 19.4. The van der Waals surface area contributed by atoms with Gasteiger partial charge in [0.15, 0.2) is 0 Å². The Bertz CT molecular complexity index is 723. The monoisotopic (exact) mass is 391 g/mol. The van der Waals surface area contributed by atoms with Gasteiger partial charge in [0.05, 0.1) is 0 Å². The second-order valence-electron chi connectivity index (χ2n) is 8.79. The first-order valence-corrected chi connectivity index (χ1v) is 12.0. The third kappa shape index (κ3) is 4.24. The standard InChI is InChI=1S/C21H33N3O2S/c1-16-8-10-19(11-9-16)23-12-14-24(15-13-23)27(25,26)22-21-17(2)20(21)18-6-4-3-5-7-18/h3-7,16-17,19-22H,8-15H2,1-2H3/t16?,17-,19?,20-,21+/m1/s1. The first-order chi connectivity index (χ1) is 13.0. The third-order valence-corrected chi connectivity index (χ3v) is 8.58. The number of benzene rings is 1. The van der Waals surface area contributed by atoms with Crippen LogP contribution in [0.3, 0.4) is 0 Å². The third-order valence-electron chi connectivity index (χ3n) is 6.96. The predicted molar refractivity (Wildman–Crippen MR) is 109 cm³/mol. The number of hydrogen-bond donors (Lipinski definition) is 1. The molecule has 1 heterocycles. The molecule has 0 aromatic heterocycles. The Morgan fingerprint density at radius 1 is 0.926 bits per heavy atom. The Morgan fingerprint density at radius 2 is 1.56 bits per heavy atom. The highest BCUT2D eigenvalue weighted by Gasteiger charge is 2.50. The van der Waals surface area contributed by atoms with Crippen molar-refractivity contribution in [2.45, 2.75) is 57.5 Å². The molecule has 0 bridgehead atoms. The molecular weight excluding hydrogens is 358 g/mol. The molecule has 150 valence electrons. The molecule has 5 nitrogen and oxygen atoms in total. The van der Waals surface area contributed by atoms with Gasteiger partial charge in [0, 0.05) is 44.2 Å². The quantitative estimate of drug-likeness (QED) is 0.840. The van der Waals surface area contributed by atoms with Gasteiger partial charge in [0.25, 0.3) is 10.2 Å². The lowest BCUT2D eigenvalue weighted by atomic mass is 9.86. The Kier molecular flexibility index (Phi) is 5.61. The van der Waals surface area contributed by atoms with E-state index in [9.17, 15) is 8.42 Å². The summed E-state index contributed by atoms with van der Waals surface area (Å²) in [5.41, 5.74) is 1.23. The van der Waals surface area contributed by atoms with Gasteiger partial charge in [0.2, 0.25) is 0 Å². The van der Waals surface area contributed by atoms with Gasteiger partial charge >= 0.3 is 0 Å². The maximum atomic E-state index is 12.9. The van der Waals surface area contributed by atoms with E-state index in [1.54, 1.807) is 4.31 Å². The van der Waals surface area contributed by atoms with E-state index >= 15 is 0 Å². The molecule has 1 N–H and O–H groups in total. The normalized spacial score (nSPS) is 35.9. The highest BCUT2D eigenvalue weighted by molar-refractivity contribution is 7.87. The van der Waals surface area contributed by atoms with Crippen LogP contribution in [0, 0.1) is 11.8 Å². The van der Waals surface area contributed by atoms with Gasteiger partial charge in [-0.15, -0.1) is 0 Å². The Labute approximate surface area is 164 Å². The largest absolute Gasteiger partial charge is 0.298 e. The Hall–Kier alpha value is -0.950. The molecular formula is C21H33N3O2S. The van der Waals surface area contributed by atoms with Crippen LogP contribution in [0.5, 0.6) is 0 Å². The zero-order valence-electron chi connectivity index (χ0n) is 16.5. The zero-order valence-corrected chi connectivity index (χ0v) is 17.4. The fourth-order valence-corrected chi connectivity index (χ4v) is 6.49. The number of piperazine rings is 1. The van der Waals surface area contributed by atoms with Gasteiger partial charge in [-0.2, -0.15) is 17.4 Å². The molecule has 1 aliphatic heterocycles. The average molecular weight is 392 g/mol. The van der Waals surface area contributed by atoms with Crippen molar-refractivity contribution in [3.8, 4) is 0 Å². The van der Waals surface area contributed by atoms with Gasteiger partial charge in [-0.25, -0.2) is 0 Å². The number of nitrogens with one attached hydrogen (secondary N) is 1. The Balaban J connectivity index is 1.30. The van der Waals surface area contributed by atoms with Crippen LogP contribution in [-0.2, 0) is 10.2 Å². The molecule has 0 amide bonds. The summed E-state index contributed by atoms with van der Waals surface area (Å²) >= 11 is 0. The first-order valence-electron chi connectivity index (χ1n) is 10.5. The molecule has 27 heavy (non-hydrogen) atoms. The molecule has 3 aliphatic rings. The van der Waals surface area contributed by atoms with Gasteiger partial charge in [-0.1, -0.05) is 44.2 Å². The van der Waals surface area contributed by atoms with Crippen LogP contribution >= 0.6 is 0 Å². The van der Waals surface area contributed by atoms with E-state index in [-0.39, 0.29) is 6.04 Å². The fourth-order valence-electron chi connectivity index (χ4n) is 4.99. The van der Waals surface area contributed by atoms with Crippen LogP contribution in [-0.4, -0.2) is 55.9 Å². The molecule has 1 saturated heterocycles. The van der Waals surface area contributed by atoms with Crippen molar-refractivity contribution in [1.82, 2.24) is 13.9 Å². The van der Waals surface area contributed by atoms with Crippen molar-refractivity contribution in [1.29, 1.82) is 0 Å². The summed E-state index contributed by atoms with van der Waals surface area (Å²) in [6.07, 6.45) is 5.16.